The summed E-state index contributed by atoms with van der Waals surface area (Å²) in [5.74, 6) is 1.61. The van der Waals surface area contributed by atoms with Crippen LogP contribution in [0.15, 0.2) is 29.2 Å². The second-order valence-corrected chi connectivity index (χ2v) is 8.99. The smallest absolute Gasteiger partial charge is 0.310 e. The summed E-state index contributed by atoms with van der Waals surface area (Å²) >= 11 is 0. The van der Waals surface area contributed by atoms with Gasteiger partial charge >= 0.3 is 5.69 Å². The maximum Gasteiger partial charge on any atom is 0.310 e. The van der Waals surface area contributed by atoms with Crippen LogP contribution in [0, 0.1) is 24.0 Å². The summed E-state index contributed by atoms with van der Waals surface area (Å²) in [6.45, 7) is 5.28. The largest absolute Gasteiger partial charge is 0.377 e. The van der Waals surface area contributed by atoms with Gasteiger partial charge in [-0.15, -0.1) is 0 Å². The first-order chi connectivity index (χ1) is 13.1. The molecule has 1 saturated heterocycles. The molecule has 1 aromatic carbocycles. The number of sulfone groups is 1. The molecule has 0 bridgehead atoms. The molecule has 1 aromatic heterocycles. The van der Waals surface area contributed by atoms with Gasteiger partial charge in [-0.25, -0.2) is 18.4 Å². The first-order valence-electron chi connectivity index (χ1n) is 8.96. The Kier molecular flexibility index (Phi) is 5.50. The van der Waals surface area contributed by atoms with Crippen LogP contribution in [-0.4, -0.2) is 48.7 Å². The van der Waals surface area contributed by atoms with Crippen molar-refractivity contribution in [2.24, 2.45) is 0 Å². The van der Waals surface area contributed by atoms with Gasteiger partial charge in [0.1, 0.15) is 22.2 Å². The van der Waals surface area contributed by atoms with Crippen molar-refractivity contribution < 1.29 is 13.3 Å². The Morgan fingerprint density at radius 2 is 1.89 bits per heavy atom. The number of nitro groups is 1. The SMILES string of the molecule is Cc1cc(N2CCC(Nc3cccc(S(C)(=O)=O)c3[N+](=O)[O-])CC2)nc(C)n1. The Morgan fingerprint density at radius 3 is 2.46 bits per heavy atom. The summed E-state index contributed by atoms with van der Waals surface area (Å²) in [4.78, 5) is 21.5. The summed E-state index contributed by atoms with van der Waals surface area (Å²) < 4.78 is 23.8. The van der Waals surface area contributed by atoms with Crippen LogP contribution in [0.4, 0.5) is 17.2 Å². The molecule has 3 rings (SSSR count). The number of piperidine rings is 1. The minimum atomic E-state index is -3.70. The number of nitrogens with zero attached hydrogens (tertiary/aromatic N) is 4. The molecule has 0 amide bonds. The van der Waals surface area contributed by atoms with Crippen LogP contribution in [0.2, 0.25) is 0 Å². The number of anilines is 2. The minimum absolute atomic E-state index is 0.00814. The molecule has 1 N–H and O–H groups in total. The molecule has 1 aliphatic heterocycles. The molecule has 9 nitrogen and oxygen atoms in total. The van der Waals surface area contributed by atoms with Crippen molar-refractivity contribution in [1.29, 1.82) is 0 Å². The quantitative estimate of drug-likeness (QED) is 0.595. The number of nitrogens with one attached hydrogen (secondary N) is 1. The molecule has 2 aromatic rings. The van der Waals surface area contributed by atoms with Crippen molar-refractivity contribution >= 4 is 27.0 Å². The van der Waals surface area contributed by atoms with Crippen molar-refractivity contribution in [2.75, 3.05) is 29.6 Å². The lowest BCUT2D eigenvalue weighted by atomic mass is 10.0. The average molecular weight is 405 g/mol. The summed E-state index contributed by atoms with van der Waals surface area (Å²) in [5, 5.41) is 14.7. The number of nitro benzene ring substituents is 1. The van der Waals surface area contributed by atoms with Crippen molar-refractivity contribution in [1.82, 2.24) is 9.97 Å². The predicted octanol–water partition coefficient (Wildman–Crippen LogP) is 2.49. The van der Waals surface area contributed by atoms with Gasteiger partial charge in [-0.05, 0) is 38.8 Å². The van der Waals surface area contributed by atoms with E-state index in [1.165, 1.54) is 12.1 Å². The molecule has 1 fully saturated rings. The van der Waals surface area contributed by atoms with Crippen LogP contribution in [-0.2, 0) is 9.84 Å². The molecule has 0 unspecified atom stereocenters. The fraction of sp³-hybridized carbons (Fsp3) is 0.444. The summed E-state index contributed by atoms with van der Waals surface area (Å²) in [5.41, 5.74) is 0.755. The highest BCUT2D eigenvalue weighted by Gasteiger charge is 2.28. The molecule has 0 aliphatic carbocycles. The van der Waals surface area contributed by atoms with Gasteiger partial charge in [0.05, 0.1) is 4.92 Å². The molecule has 0 saturated carbocycles. The van der Waals surface area contributed by atoms with Gasteiger partial charge in [-0.2, -0.15) is 0 Å². The average Bonchev–Trinajstić information content (AvgIpc) is 2.60. The molecule has 2 heterocycles. The van der Waals surface area contributed by atoms with Crippen LogP contribution < -0.4 is 10.2 Å². The zero-order valence-electron chi connectivity index (χ0n) is 16.0. The van der Waals surface area contributed by atoms with E-state index < -0.39 is 20.4 Å². The Hall–Kier alpha value is -2.75. The van der Waals surface area contributed by atoms with Crippen molar-refractivity contribution in [3.63, 3.8) is 0 Å². The van der Waals surface area contributed by atoms with E-state index in [0.29, 0.717) is 0 Å². The van der Waals surface area contributed by atoms with Gasteiger partial charge in [0, 0.05) is 37.1 Å². The van der Waals surface area contributed by atoms with Crippen molar-refractivity contribution in [3.05, 3.63) is 45.9 Å². The van der Waals surface area contributed by atoms with Crippen molar-refractivity contribution in [2.45, 2.75) is 37.6 Å². The Morgan fingerprint density at radius 1 is 1.21 bits per heavy atom. The highest BCUT2D eigenvalue weighted by molar-refractivity contribution is 7.90. The van der Waals surface area contributed by atoms with Crippen LogP contribution >= 0.6 is 0 Å². The highest BCUT2D eigenvalue weighted by atomic mass is 32.2. The van der Waals surface area contributed by atoms with Gasteiger partial charge in [0.15, 0.2) is 9.84 Å². The maximum atomic E-state index is 11.9. The molecule has 28 heavy (non-hydrogen) atoms. The van der Waals surface area contributed by atoms with E-state index in [4.69, 9.17) is 0 Å². The molecule has 10 heteroatoms. The third kappa shape index (κ3) is 4.38. The van der Waals surface area contributed by atoms with Gasteiger partial charge in [0.2, 0.25) is 0 Å². The molecule has 0 radical (unpaired) electrons. The van der Waals surface area contributed by atoms with Gasteiger partial charge < -0.3 is 10.2 Å². The molecule has 0 spiro atoms. The number of hydrogen-bond acceptors (Lipinski definition) is 8. The minimum Gasteiger partial charge on any atom is -0.377 e. The van der Waals surface area contributed by atoms with E-state index in [1.807, 2.05) is 19.9 Å². The van der Waals surface area contributed by atoms with Gasteiger partial charge in [0.25, 0.3) is 0 Å². The Labute approximate surface area is 163 Å². The number of aromatic nitrogens is 2. The number of hydrogen-bond donors (Lipinski definition) is 1. The topological polar surface area (TPSA) is 118 Å². The summed E-state index contributed by atoms with van der Waals surface area (Å²) in [7, 11) is -3.70. The lowest BCUT2D eigenvalue weighted by molar-refractivity contribution is -0.386. The number of rotatable bonds is 5. The van der Waals surface area contributed by atoms with Crippen molar-refractivity contribution in [3.8, 4) is 0 Å². The van der Waals surface area contributed by atoms with Crippen LogP contribution in [0.25, 0.3) is 0 Å². The van der Waals surface area contributed by atoms with E-state index in [1.54, 1.807) is 6.07 Å². The van der Waals surface area contributed by atoms with Gasteiger partial charge in [-0.3, -0.25) is 10.1 Å². The zero-order chi connectivity index (χ0) is 20.5. The second kappa shape index (κ2) is 7.70. The standard InChI is InChI=1S/C18H23N5O4S/c1-12-11-17(20-13(2)19-12)22-9-7-14(8-10-22)21-15-5-4-6-16(28(3,26)27)18(15)23(24)25/h4-6,11,14,21H,7-10H2,1-3H3. The van der Waals surface area contributed by atoms with Gasteiger partial charge in [-0.1, -0.05) is 6.07 Å². The fourth-order valence-corrected chi connectivity index (χ4v) is 4.32. The third-order valence-corrected chi connectivity index (χ3v) is 5.84. The Balaban J connectivity index is 1.75. The molecular weight excluding hydrogens is 382 g/mol. The van der Waals surface area contributed by atoms with Crippen LogP contribution in [0.5, 0.6) is 0 Å². The highest BCUT2D eigenvalue weighted by Crippen LogP contribution is 2.33. The second-order valence-electron chi connectivity index (χ2n) is 7.00. The zero-order valence-corrected chi connectivity index (χ0v) is 16.9. The van der Waals surface area contributed by atoms with E-state index in [-0.39, 0.29) is 16.6 Å². The van der Waals surface area contributed by atoms with E-state index in [2.05, 4.69) is 20.2 Å². The third-order valence-electron chi connectivity index (χ3n) is 4.71. The Bertz CT molecular complexity index is 981. The fourth-order valence-electron chi connectivity index (χ4n) is 3.46. The molecule has 150 valence electrons. The van der Waals surface area contributed by atoms with Crippen LogP contribution in [0.3, 0.4) is 0 Å². The molecular formula is C18H23N5O4S. The number of aryl methyl sites for hydroxylation is 2. The monoisotopic (exact) mass is 405 g/mol. The first-order valence-corrected chi connectivity index (χ1v) is 10.9. The van der Waals surface area contributed by atoms with E-state index in [0.717, 1.165) is 49.5 Å². The lowest BCUT2D eigenvalue weighted by Crippen LogP contribution is -2.39. The first kappa shape index (κ1) is 20.0. The predicted molar refractivity (Wildman–Crippen MR) is 107 cm³/mol. The summed E-state index contributed by atoms with van der Waals surface area (Å²) in [6.07, 6.45) is 2.48. The molecule has 0 atom stereocenters. The molecule has 1 aliphatic rings. The lowest BCUT2D eigenvalue weighted by Gasteiger charge is -2.33. The summed E-state index contributed by atoms with van der Waals surface area (Å²) in [6, 6.07) is 6.29. The van der Waals surface area contributed by atoms with Crippen LogP contribution in [0.1, 0.15) is 24.4 Å². The number of benzene rings is 1. The number of para-hydroxylation sites is 1. The maximum absolute atomic E-state index is 11.9. The normalized spacial score (nSPS) is 15.5. The van der Waals surface area contributed by atoms with E-state index >= 15 is 0 Å². The van der Waals surface area contributed by atoms with E-state index in [9.17, 15) is 18.5 Å².